The Morgan fingerprint density at radius 2 is 2.00 bits per heavy atom. The average Bonchev–Trinajstić information content (AvgIpc) is 2.34. The van der Waals surface area contributed by atoms with Gasteiger partial charge in [-0.1, -0.05) is 38.2 Å². The zero-order chi connectivity index (χ0) is 13.0. The summed E-state index contributed by atoms with van der Waals surface area (Å²) in [6.07, 6.45) is 7.78. The molecule has 1 fully saturated rings. The van der Waals surface area contributed by atoms with Gasteiger partial charge < -0.3 is 5.11 Å². The third kappa shape index (κ3) is 3.81. The van der Waals surface area contributed by atoms with Crippen molar-refractivity contribution in [3.8, 4) is 0 Å². The lowest BCUT2D eigenvalue weighted by atomic mass is 9.84. The van der Waals surface area contributed by atoms with Crippen LogP contribution in [0.25, 0.3) is 0 Å². The Kier molecular flexibility index (Phi) is 4.76. The normalized spacial score (nSPS) is 18.8. The highest BCUT2D eigenvalue weighted by molar-refractivity contribution is 5.27. The molecule has 1 aliphatic carbocycles. The first-order valence-corrected chi connectivity index (χ1v) is 7.08. The molecule has 100 valence electrons. The molecule has 1 nitrogen and oxygen atoms in total. The molecule has 1 atom stereocenters. The first-order valence-electron chi connectivity index (χ1n) is 7.08. The van der Waals surface area contributed by atoms with Crippen LogP contribution in [0.5, 0.6) is 0 Å². The number of benzene rings is 1. The molecule has 0 radical (unpaired) electrons. The van der Waals surface area contributed by atoms with Gasteiger partial charge in [-0.2, -0.15) is 0 Å². The van der Waals surface area contributed by atoms with Gasteiger partial charge in [0.2, 0.25) is 0 Å². The van der Waals surface area contributed by atoms with Crippen molar-refractivity contribution in [2.45, 2.75) is 58.0 Å². The second-order valence-electron chi connectivity index (χ2n) is 5.67. The van der Waals surface area contributed by atoms with Crippen LogP contribution in [0.1, 0.15) is 49.7 Å². The van der Waals surface area contributed by atoms with E-state index < -0.39 is 0 Å². The van der Waals surface area contributed by atoms with Crippen LogP contribution in [0, 0.1) is 18.7 Å². The first-order chi connectivity index (χ1) is 8.65. The molecule has 0 saturated heterocycles. The molecule has 0 spiro atoms. The highest BCUT2D eigenvalue weighted by Crippen LogP contribution is 2.28. The Hall–Kier alpha value is -0.890. The maximum absolute atomic E-state index is 13.0. The summed E-state index contributed by atoms with van der Waals surface area (Å²) in [5, 5.41) is 10.2. The Labute approximate surface area is 109 Å². The van der Waals surface area contributed by atoms with Gasteiger partial charge in [0.1, 0.15) is 5.82 Å². The van der Waals surface area contributed by atoms with Crippen LogP contribution < -0.4 is 0 Å². The Bertz CT molecular complexity index is 383. The second-order valence-corrected chi connectivity index (χ2v) is 5.67. The van der Waals surface area contributed by atoms with Gasteiger partial charge in [-0.25, -0.2) is 4.39 Å². The van der Waals surface area contributed by atoms with E-state index in [1.54, 1.807) is 12.1 Å². The summed E-state index contributed by atoms with van der Waals surface area (Å²) in [6, 6.07) is 4.83. The van der Waals surface area contributed by atoms with Gasteiger partial charge in [-0.3, -0.25) is 0 Å². The molecule has 0 aliphatic heterocycles. The van der Waals surface area contributed by atoms with Gasteiger partial charge in [0.15, 0.2) is 0 Å². The van der Waals surface area contributed by atoms with E-state index in [1.165, 1.54) is 38.2 Å². The molecule has 1 N–H and O–H groups in total. The van der Waals surface area contributed by atoms with Gasteiger partial charge in [0.05, 0.1) is 6.10 Å². The van der Waals surface area contributed by atoms with E-state index in [0.29, 0.717) is 12.3 Å². The van der Waals surface area contributed by atoms with Crippen LogP contribution in [0.2, 0.25) is 0 Å². The van der Waals surface area contributed by atoms with Crippen LogP contribution in [0.3, 0.4) is 0 Å². The predicted molar refractivity (Wildman–Crippen MR) is 72.0 cm³/mol. The molecular formula is C16H23FO. The lowest BCUT2D eigenvalue weighted by Gasteiger charge is -2.24. The number of aliphatic hydroxyl groups excluding tert-OH is 1. The van der Waals surface area contributed by atoms with E-state index in [4.69, 9.17) is 0 Å². The lowest BCUT2D eigenvalue weighted by Crippen LogP contribution is -2.18. The quantitative estimate of drug-likeness (QED) is 0.856. The summed E-state index contributed by atoms with van der Waals surface area (Å²) in [7, 11) is 0. The van der Waals surface area contributed by atoms with Gasteiger partial charge in [-0.15, -0.1) is 0 Å². The number of hydrogen-bond acceptors (Lipinski definition) is 1. The molecule has 2 heteroatoms. The fourth-order valence-corrected chi connectivity index (χ4v) is 3.03. The van der Waals surface area contributed by atoms with E-state index in [9.17, 15) is 9.50 Å². The first kappa shape index (κ1) is 13.5. The smallest absolute Gasteiger partial charge is 0.123 e. The van der Waals surface area contributed by atoms with E-state index >= 15 is 0 Å². The van der Waals surface area contributed by atoms with Crippen molar-refractivity contribution in [3.05, 3.63) is 35.1 Å². The second kappa shape index (κ2) is 6.33. The van der Waals surface area contributed by atoms with Crippen molar-refractivity contribution in [2.24, 2.45) is 5.92 Å². The van der Waals surface area contributed by atoms with Gasteiger partial charge in [-0.05, 0) is 48.9 Å². The zero-order valence-corrected chi connectivity index (χ0v) is 11.2. The minimum atomic E-state index is -0.280. The predicted octanol–water partition coefficient (Wildman–Crippen LogP) is 4.01. The summed E-state index contributed by atoms with van der Waals surface area (Å²) in [4.78, 5) is 0. The standard InChI is InChI=1S/C16H23FO/c1-12-9-15(17)8-7-14(12)11-16(18)10-13-5-3-2-4-6-13/h7-9,13,16,18H,2-6,10-11H2,1H3. The molecule has 2 rings (SSSR count). The fraction of sp³-hybridized carbons (Fsp3) is 0.625. The largest absolute Gasteiger partial charge is 0.393 e. The van der Waals surface area contributed by atoms with E-state index in [0.717, 1.165) is 17.5 Å². The number of aryl methyl sites for hydroxylation is 1. The van der Waals surface area contributed by atoms with Crippen LogP contribution in [-0.2, 0) is 6.42 Å². The van der Waals surface area contributed by atoms with Gasteiger partial charge in [0.25, 0.3) is 0 Å². The van der Waals surface area contributed by atoms with Crippen molar-refractivity contribution < 1.29 is 9.50 Å². The topological polar surface area (TPSA) is 20.2 Å². The third-order valence-corrected chi connectivity index (χ3v) is 4.09. The summed E-state index contributed by atoms with van der Waals surface area (Å²) in [6.45, 7) is 1.91. The lowest BCUT2D eigenvalue weighted by molar-refractivity contribution is 0.130. The molecule has 1 aromatic rings. The third-order valence-electron chi connectivity index (χ3n) is 4.09. The number of rotatable bonds is 4. The van der Waals surface area contributed by atoms with E-state index in [2.05, 4.69) is 0 Å². The number of halogens is 1. The highest BCUT2D eigenvalue weighted by Gasteiger charge is 2.18. The molecule has 0 aromatic heterocycles. The molecule has 0 heterocycles. The van der Waals surface area contributed by atoms with Crippen LogP contribution >= 0.6 is 0 Å². The van der Waals surface area contributed by atoms with E-state index in [-0.39, 0.29) is 11.9 Å². The molecule has 1 aromatic carbocycles. The number of hydrogen-bond donors (Lipinski definition) is 1. The van der Waals surface area contributed by atoms with Crippen LogP contribution in [0.4, 0.5) is 4.39 Å². The Balaban J connectivity index is 1.87. The van der Waals surface area contributed by atoms with Crippen LogP contribution in [0.15, 0.2) is 18.2 Å². The van der Waals surface area contributed by atoms with Gasteiger partial charge in [0, 0.05) is 0 Å². The zero-order valence-electron chi connectivity index (χ0n) is 11.2. The molecule has 1 unspecified atom stereocenters. The van der Waals surface area contributed by atoms with Crippen molar-refractivity contribution in [2.75, 3.05) is 0 Å². The number of aliphatic hydroxyl groups is 1. The summed E-state index contributed by atoms with van der Waals surface area (Å²) >= 11 is 0. The fourth-order valence-electron chi connectivity index (χ4n) is 3.03. The molecule has 1 aliphatic rings. The van der Waals surface area contributed by atoms with Crippen molar-refractivity contribution in [1.29, 1.82) is 0 Å². The minimum absolute atomic E-state index is 0.196. The maximum Gasteiger partial charge on any atom is 0.123 e. The van der Waals surface area contributed by atoms with Crippen molar-refractivity contribution in [3.63, 3.8) is 0 Å². The Morgan fingerprint density at radius 3 is 2.67 bits per heavy atom. The van der Waals surface area contributed by atoms with Crippen molar-refractivity contribution >= 4 is 0 Å². The van der Waals surface area contributed by atoms with Crippen LogP contribution in [-0.4, -0.2) is 11.2 Å². The molecular weight excluding hydrogens is 227 g/mol. The maximum atomic E-state index is 13.0. The Morgan fingerprint density at radius 1 is 1.28 bits per heavy atom. The summed E-state index contributed by atoms with van der Waals surface area (Å²) in [5.74, 6) is 0.493. The van der Waals surface area contributed by atoms with Crippen molar-refractivity contribution in [1.82, 2.24) is 0 Å². The molecule has 0 bridgehead atoms. The highest BCUT2D eigenvalue weighted by atomic mass is 19.1. The average molecular weight is 250 g/mol. The minimum Gasteiger partial charge on any atom is -0.393 e. The molecule has 0 amide bonds. The molecule has 18 heavy (non-hydrogen) atoms. The van der Waals surface area contributed by atoms with Gasteiger partial charge >= 0.3 is 0 Å². The summed E-state index contributed by atoms with van der Waals surface area (Å²) < 4.78 is 13.0. The molecule has 1 saturated carbocycles. The SMILES string of the molecule is Cc1cc(F)ccc1CC(O)CC1CCCCC1. The summed E-state index contributed by atoms with van der Waals surface area (Å²) in [5.41, 5.74) is 2.01. The monoisotopic (exact) mass is 250 g/mol. The van der Waals surface area contributed by atoms with E-state index in [1.807, 2.05) is 6.92 Å².